The minimum absolute atomic E-state index is 0.241. The molecule has 0 fully saturated rings. The van der Waals surface area contributed by atoms with E-state index < -0.39 is 11.6 Å². The SMILES string of the molecule is CO[C@]1(C(=O)O)C=CC=C2C=CC=C[C@@H]21. The molecule has 78 valence electrons. The molecule has 3 nitrogen and oxygen atoms in total. The van der Waals surface area contributed by atoms with Crippen LogP contribution in [0.25, 0.3) is 0 Å². The highest BCUT2D eigenvalue weighted by atomic mass is 16.5. The van der Waals surface area contributed by atoms with Crippen molar-refractivity contribution in [2.75, 3.05) is 7.11 Å². The van der Waals surface area contributed by atoms with Gasteiger partial charge in [-0.25, -0.2) is 4.79 Å². The van der Waals surface area contributed by atoms with Crippen molar-refractivity contribution in [3.05, 3.63) is 48.1 Å². The molecule has 2 atom stereocenters. The Morgan fingerprint density at radius 2 is 2.27 bits per heavy atom. The Balaban J connectivity index is 2.48. The molecule has 2 aliphatic carbocycles. The summed E-state index contributed by atoms with van der Waals surface area (Å²) in [6.07, 6.45) is 12.7. The fraction of sp³-hybridized carbons (Fsp3) is 0.250. The van der Waals surface area contributed by atoms with Gasteiger partial charge in [-0.2, -0.15) is 0 Å². The van der Waals surface area contributed by atoms with E-state index in [0.29, 0.717) is 0 Å². The van der Waals surface area contributed by atoms with Gasteiger partial charge in [0.25, 0.3) is 0 Å². The number of aliphatic carboxylic acids is 1. The van der Waals surface area contributed by atoms with Crippen molar-refractivity contribution in [1.82, 2.24) is 0 Å². The number of methoxy groups -OCH3 is 1. The lowest BCUT2D eigenvalue weighted by atomic mass is 9.76. The van der Waals surface area contributed by atoms with Gasteiger partial charge in [0, 0.05) is 13.0 Å². The largest absolute Gasteiger partial charge is 0.479 e. The van der Waals surface area contributed by atoms with Gasteiger partial charge in [0.05, 0.1) is 0 Å². The van der Waals surface area contributed by atoms with Crippen LogP contribution in [0.4, 0.5) is 0 Å². The predicted molar refractivity (Wildman–Crippen MR) is 56.4 cm³/mol. The third kappa shape index (κ3) is 1.36. The maximum Gasteiger partial charge on any atom is 0.341 e. The zero-order chi connectivity index (χ0) is 10.9. The quantitative estimate of drug-likeness (QED) is 0.744. The standard InChI is InChI=1S/C12H12O3/c1-15-12(11(13)14)8-4-6-9-5-2-3-7-10(9)12/h2-8,10H,1H3,(H,13,14)/t10-,12+/m0/s1. The molecule has 0 aliphatic heterocycles. The molecule has 0 spiro atoms. The van der Waals surface area contributed by atoms with Gasteiger partial charge in [-0.3, -0.25) is 0 Å². The van der Waals surface area contributed by atoms with Crippen LogP contribution in [0, 0.1) is 5.92 Å². The first-order chi connectivity index (χ1) is 7.20. The highest BCUT2D eigenvalue weighted by Crippen LogP contribution is 2.36. The van der Waals surface area contributed by atoms with Crippen molar-refractivity contribution >= 4 is 5.97 Å². The number of ether oxygens (including phenoxy) is 1. The third-order valence-electron chi connectivity index (χ3n) is 2.83. The number of hydrogen-bond acceptors (Lipinski definition) is 2. The number of hydrogen-bond donors (Lipinski definition) is 1. The van der Waals surface area contributed by atoms with E-state index in [1.807, 2.05) is 30.4 Å². The summed E-state index contributed by atoms with van der Waals surface area (Å²) in [7, 11) is 1.42. The van der Waals surface area contributed by atoms with Crippen LogP contribution in [0.1, 0.15) is 0 Å². The zero-order valence-corrected chi connectivity index (χ0v) is 8.38. The van der Waals surface area contributed by atoms with Crippen LogP contribution >= 0.6 is 0 Å². The van der Waals surface area contributed by atoms with Crippen LogP contribution in [0.5, 0.6) is 0 Å². The minimum Gasteiger partial charge on any atom is -0.479 e. The molecule has 15 heavy (non-hydrogen) atoms. The second-order valence-electron chi connectivity index (χ2n) is 3.55. The maximum atomic E-state index is 11.3. The molecule has 0 aromatic rings. The van der Waals surface area contributed by atoms with E-state index in [1.165, 1.54) is 7.11 Å². The van der Waals surface area contributed by atoms with E-state index >= 15 is 0 Å². The van der Waals surface area contributed by atoms with Gasteiger partial charge in [-0.1, -0.05) is 36.5 Å². The average Bonchev–Trinajstić information content (AvgIpc) is 2.28. The normalized spacial score (nSPS) is 32.3. The van der Waals surface area contributed by atoms with E-state index in [1.54, 1.807) is 12.2 Å². The Kier molecular flexibility index (Phi) is 2.32. The van der Waals surface area contributed by atoms with Crippen LogP contribution in [0.15, 0.2) is 48.1 Å². The molecule has 0 amide bonds. The fourth-order valence-electron chi connectivity index (χ4n) is 2.00. The van der Waals surface area contributed by atoms with Crippen molar-refractivity contribution in [3.63, 3.8) is 0 Å². The topological polar surface area (TPSA) is 46.5 Å². The Bertz CT molecular complexity index is 401. The highest BCUT2D eigenvalue weighted by molar-refractivity contribution is 5.83. The molecule has 2 rings (SSSR count). The molecule has 2 aliphatic rings. The monoisotopic (exact) mass is 204 g/mol. The molecule has 0 heterocycles. The highest BCUT2D eigenvalue weighted by Gasteiger charge is 2.45. The van der Waals surface area contributed by atoms with Crippen molar-refractivity contribution in [2.24, 2.45) is 5.92 Å². The van der Waals surface area contributed by atoms with Gasteiger partial charge in [0.2, 0.25) is 0 Å². The van der Waals surface area contributed by atoms with Crippen LogP contribution < -0.4 is 0 Å². The Hall–Kier alpha value is -1.61. The summed E-state index contributed by atoms with van der Waals surface area (Å²) in [6.45, 7) is 0. The molecule has 1 N–H and O–H groups in total. The number of allylic oxidation sites excluding steroid dienone is 5. The van der Waals surface area contributed by atoms with Crippen LogP contribution in [-0.4, -0.2) is 23.8 Å². The Labute approximate surface area is 88.1 Å². The van der Waals surface area contributed by atoms with Crippen molar-refractivity contribution < 1.29 is 14.6 Å². The zero-order valence-electron chi connectivity index (χ0n) is 8.38. The van der Waals surface area contributed by atoms with Gasteiger partial charge in [-0.15, -0.1) is 0 Å². The molecule has 0 bridgehead atoms. The molecule has 0 aromatic carbocycles. The minimum atomic E-state index is -1.26. The first kappa shape index (κ1) is 9.93. The van der Waals surface area contributed by atoms with Gasteiger partial charge in [0.1, 0.15) is 0 Å². The lowest BCUT2D eigenvalue weighted by Crippen LogP contribution is -2.47. The van der Waals surface area contributed by atoms with E-state index in [-0.39, 0.29) is 5.92 Å². The van der Waals surface area contributed by atoms with Crippen LogP contribution in [-0.2, 0) is 9.53 Å². The van der Waals surface area contributed by atoms with Crippen molar-refractivity contribution in [3.8, 4) is 0 Å². The second-order valence-corrected chi connectivity index (χ2v) is 3.55. The van der Waals surface area contributed by atoms with Gasteiger partial charge < -0.3 is 9.84 Å². The summed E-state index contributed by atoms with van der Waals surface area (Å²) >= 11 is 0. The summed E-state index contributed by atoms with van der Waals surface area (Å²) in [6, 6.07) is 0. The Morgan fingerprint density at radius 3 is 2.93 bits per heavy atom. The van der Waals surface area contributed by atoms with Crippen molar-refractivity contribution in [1.29, 1.82) is 0 Å². The van der Waals surface area contributed by atoms with Gasteiger partial charge in [0.15, 0.2) is 5.60 Å². The van der Waals surface area contributed by atoms with E-state index in [0.717, 1.165) is 5.57 Å². The molecule has 0 saturated carbocycles. The average molecular weight is 204 g/mol. The summed E-state index contributed by atoms with van der Waals surface area (Å²) in [4.78, 5) is 11.3. The molecular weight excluding hydrogens is 192 g/mol. The summed E-state index contributed by atoms with van der Waals surface area (Å²) < 4.78 is 5.20. The summed E-state index contributed by atoms with van der Waals surface area (Å²) in [5.41, 5.74) is -0.296. The molecular formula is C12H12O3. The smallest absolute Gasteiger partial charge is 0.341 e. The molecule has 0 aromatic heterocycles. The number of carboxylic acids is 1. The van der Waals surface area contributed by atoms with Crippen LogP contribution in [0.3, 0.4) is 0 Å². The van der Waals surface area contributed by atoms with E-state index in [2.05, 4.69) is 0 Å². The third-order valence-corrected chi connectivity index (χ3v) is 2.83. The number of carboxylic acid groups (broad SMARTS) is 1. The number of carbonyl (C=O) groups is 1. The lowest BCUT2D eigenvalue weighted by Gasteiger charge is -2.35. The predicted octanol–water partition coefficient (Wildman–Crippen LogP) is 1.69. The van der Waals surface area contributed by atoms with Crippen molar-refractivity contribution in [2.45, 2.75) is 5.60 Å². The summed E-state index contributed by atoms with van der Waals surface area (Å²) in [5, 5.41) is 9.27. The second kappa shape index (κ2) is 3.51. The van der Waals surface area contributed by atoms with Gasteiger partial charge >= 0.3 is 5.97 Å². The molecule has 0 saturated heterocycles. The molecule has 3 heteroatoms. The Morgan fingerprint density at radius 1 is 1.47 bits per heavy atom. The molecule has 0 unspecified atom stereocenters. The van der Waals surface area contributed by atoms with E-state index in [9.17, 15) is 9.90 Å². The van der Waals surface area contributed by atoms with E-state index in [4.69, 9.17) is 4.74 Å². The van der Waals surface area contributed by atoms with Gasteiger partial charge in [-0.05, 0) is 11.6 Å². The first-order valence-electron chi connectivity index (χ1n) is 4.73. The first-order valence-corrected chi connectivity index (χ1v) is 4.73. The number of fused-ring (bicyclic) bond motifs is 1. The number of rotatable bonds is 2. The molecule has 0 radical (unpaired) electrons. The maximum absolute atomic E-state index is 11.3. The fourth-order valence-corrected chi connectivity index (χ4v) is 2.00. The summed E-state index contributed by atoms with van der Waals surface area (Å²) in [5.74, 6) is -1.20. The van der Waals surface area contributed by atoms with Crippen LogP contribution in [0.2, 0.25) is 0 Å². The lowest BCUT2D eigenvalue weighted by molar-refractivity contribution is -0.159.